The molecule has 2 atom stereocenters. The minimum Gasteiger partial charge on any atom is -0.493 e. The van der Waals surface area contributed by atoms with E-state index in [4.69, 9.17) is 18.9 Å². The van der Waals surface area contributed by atoms with Crippen molar-refractivity contribution >= 4 is 17.8 Å². The zero-order valence-corrected chi connectivity index (χ0v) is 24.8. The molecule has 0 spiro atoms. The van der Waals surface area contributed by atoms with E-state index >= 15 is 0 Å². The summed E-state index contributed by atoms with van der Waals surface area (Å²) >= 11 is 0. The van der Waals surface area contributed by atoms with E-state index in [1.807, 2.05) is 58.0 Å². The van der Waals surface area contributed by atoms with Gasteiger partial charge in [-0.2, -0.15) is 0 Å². The molecule has 1 aliphatic rings. The topological polar surface area (TPSA) is 124 Å². The van der Waals surface area contributed by atoms with E-state index in [-0.39, 0.29) is 44.0 Å². The van der Waals surface area contributed by atoms with Crippen LogP contribution in [0.4, 0.5) is 4.79 Å². The van der Waals surface area contributed by atoms with Crippen molar-refractivity contribution < 1.29 is 38.4 Å². The molecule has 3 rings (SSSR count). The molecule has 0 radical (unpaired) electrons. The predicted molar refractivity (Wildman–Crippen MR) is 154 cm³/mol. The summed E-state index contributed by atoms with van der Waals surface area (Å²) in [5, 5.41) is 12.7. The van der Waals surface area contributed by atoms with Gasteiger partial charge in [0.2, 0.25) is 0 Å². The number of carboxylic acids is 1. The molecule has 2 aromatic rings. The van der Waals surface area contributed by atoms with Crippen LogP contribution in [-0.4, -0.2) is 72.9 Å². The van der Waals surface area contributed by atoms with E-state index in [1.54, 1.807) is 12.1 Å². The lowest BCUT2D eigenvalue weighted by Gasteiger charge is -2.45. The van der Waals surface area contributed by atoms with Crippen molar-refractivity contribution in [1.82, 2.24) is 10.2 Å². The van der Waals surface area contributed by atoms with Gasteiger partial charge in [-0.3, -0.25) is 4.79 Å². The molecule has 10 heteroatoms. The third-order valence-electron chi connectivity index (χ3n) is 7.46. The van der Waals surface area contributed by atoms with Gasteiger partial charge < -0.3 is 34.3 Å². The molecule has 10 nitrogen and oxygen atoms in total. The summed E-state index contributed by atoms with van der Waals surface area (Å²) in [4.78, 5) is 39.9. The number of urea groups is 1. The fraction of sp³-hybridized carbons (Fsp3) is 0.516. The van der Waals surface area contributed by atoms with Crippen molar-refractivity contribution in [1.29, 1.82) is 0 Å². The van der Waals surface area contributed by atoms with Crippen molar-refractivity contribution in [3.8, 4) is 11.5 Å². The number of Topliss-reactive ketones (excluding diaryl/α,β-unsaturated/α-hetero) is 1. The van der Waals surface area contributed by atoms with Crippen molar-refractivity contribution in [2.45, 2.75) is 71.2 Å². The van der Waals surface area contributed by atoms with Gasteiger partial charge in [0.1, 0.15) is 22.6 Å². The molecule has 2 aromatic carbocycles. The Morgan fingerprint density at radius 3 is 2.10 bits per heavy atom. The number of aliphatic carboxylic acids is 1. The second kappa shape index (κ2) is 14.3. The van der Waals surface area contributed by atoms with Gasteiger partial charge in [0.05, 0.1) is 38.1 Å². The van der Waals surface area contributed by atoms with Crippen molar-refractivity contribution in [2.24, 2.45) is 0 Å². The zero-order valence-electron chi connectivity index (χ0n) is 24.8. The summed E-state index contributed by atoms with van der Waals surface area (Å²) in [7, 11) is 1.52. The van der Waals surface area contributed by atoms with Crippen molar-refractivity contribution in [2.75, 3.05) is 33.5 Å². The lowest BCUT2D eigenvalue weighted by Crippen LogP contribution is -2.66. The molecule has 1 fully saturated rings. The van der Waals surface area contributed by atoms with Crippen LogP contribution in [0.3, 0.4) is 0 Å². The SMILES string of the molecule is CCOc1cc([C@@H](C)N(CCO[C@@H](C)c2ccccc2)C(=O)NC2(C(=O)O)CC(OC)C2)cc(OCC)c1C(C)=O. The number of carbonyl (C=O) groups is 3. The first-order chi connectivity index (χ1) is 19.6. The van der Waals surface area contributed by atoms with Gasteiger partial charge in [0, 0.05) is 26.5 Å². The average Bonchev–Trinajstić information content (AvgIpc) is 2.92. The molecule has 41 heavy (non-hydrogen) atoms. The van der Waals surface area contributed by atoms with Crippen LogP contribution in [0.1, 0.15) is 81.1 Å². The van der Waals surface area contributed by atoms with Gasteiger partial charge in [0.15, 0.2) is 5.78 Å². The highest BCUT2D eigenvalue weighted by molar-refractivity contribution is 6.00. The predicted octanol–water partition coefficient (Wildman–Crippen LogP) is 5.17. The average molecular weight is 571 g/mol. The maximum Gasteiger partial charge on any atom is 0.329 e. The van der Waals surface area contributed by atoms with E-state index < -0.39 is 23.6 Å². The molecule has 0 saturated heterocycles. The lowest BCUT2D eigenvalue weighted by atomic mass is 9.74. The van der Waals surface area contributed by atoms with E-state index in [0.717, 1.165) is 5.56 Å². The van der Waals surface area contributed by atoms with Gasteiger partial charge in [-0.15, -0.1) is 0 Å². The Morgan fingerprint density at radius 1 is 1.02 bits per heavy atom. The number of carbonyl (C=O) groups excluding carboxylic acids is 2. The van der Waals surface area contributed by atoms with E-state index in [0.29, 0.717) is 35.8 Å². The van der Waals surface area contributed by atoms with E-state index in [2.05, 4.69) is 5.32 Å². The Bertz CT molecular complexity index is 1170. The van der Waals surface area contributed by atoms with Gasteiger partial charge in [-0.25, -0.2) is 9.59 Å². The van der Waals surface area contributed by atoms with Gasteiger partial charge in [0.25, 0.3) is 0 Å². The molecular formula is C31H42N2O8. The molecular weight excluding hydrogens is 528 g/mol. The zero-order chi connectivity index (χ0) is 30.2. The van der Waals surface area contributed by atoms with Crippen molar-refractivity contribution in [3.63, 3.8) is 0 Å². The summed E-state index contributed by atoms with van der Waals surface area (Å²) in [6.07, 6.45) is -0.108. The molecule has 0 heterocycles. The standard InChI is InChI=1S/C31H42N2O8/c1-7-39-26-16-24(17-27(40-8-2)28(26)21(4)34)20(3)33(14-15-41-22(5)23-12-10-9-11-13-23)30(37)32-31(29(35)36)18-25(19-31)38-6/h9-13,16-17,20,22,25H,7-8,14-15,18-19H2,1-6H3,(H,32,37)(H,35,36)/t20-,22+,25?,31?/m1/s1. The normalized spacial score (nSPS) is 19.4. The first-order valence-corrected chi connectivity index (χ1v) is 14.0. The molecule has 2 amide bonds. The molecule has 224 valence electrons. The van der Waals surface area contributed by atoms with Crippen LogP contribution in [-0.2, 0) is 14.3 Å². The number of carboxylic acid groups (broad SMARTS) is 1. The molecule has 1 aliphatic carbocycles. The first-order valence-electron chi connectivity index (χ1n) is 14.0. The van der Waals surface area contributed by atoms with E-state index in [9.17, 15) is 19.5 Å². The smallest absolute Gasteiger partial charge is 0.329 e. The highest BCUT2D eigenvalue weighted by Gasteiger charge is 2.52. The number of methoxy groups -OCH3 is 1. The number of ether oxygens (including phenoxy) is 4. The molecule has 0 aromatic heterocycles. The summed E-state index contributed by atoms with van der Waals surface area (Å²) in [5.74, 6) is -0.573. The highest BCUT2D eigenvalue weighted by Crippen LogP contribution is 2.37. The van der Waals surface area contributed by atoms with Gasteiger partial charge >= 0.3 is 12.0 Å². The minimum absolute atomic E-state index is 0.171. The number of nitrogens with zero attached hydrogens (tertiary/aromatic N) is 1. The summed E-state index contributed by atoms with van der Waals surface area (Å²) < 4.78 is 23.0. The summed E-state index contributed by atoms with van der Waals surface area (Å²) in [6, 6.07) is 12.1. The quantitative estimate of drug-likeness (QED) is 0.281. The second-order valence-electron chi connectivity index (χ2n) is 10.2. The Labute approximate surface area is 241 Å². The molecule has 0 unspecified atom stereocenters. The number of rotatable bonds is 15. The van der Waals surface area contributed by atoms with Gasteiger partial charge in [-0.1, -0.05) is 30.3 Å². The number of benzene rings is 2. The van der Waals surface area contributed by atoms with Crippen LogP contribution >= 0.6 is 0 Å². The lowest BCUT2D eigenvalue weighted by molar-refractivity contribution is -0.155. The highest BCUT2D eigenvalue weighted by atomic mass is 16.5. The summed E-state index contributed by atoms with van der Waals surface area (Å²) in [6.45, 7) is 9.91. The summed E-state index contributed by atoms with van der Waals surface area (Å²) in [5.41, 5.74) is 0.592. The van der Waals surface area contributed by atoms with Crippen molar-refractivity contribution in [3.05, 3.63) is 59.2 Å². The third kappa shape index (κ3) is 7.56. The first kappa shape index (κ1) is 31.9. The Balaban J connectivity index is 1.92. The largest absolute Gasteiger partial charge is 0.493 e. The number of nitrogens with one attached hydrogen (secondary N) is 1. The van der Waals surface area contributed by atoms with Gasteiger partial charge in [-0.05, 0) is 57.9 Å². The fourth-order valence-electron chi connectivity index (χ4n) is 5.03. The van der Waals surface area contributed by atoms with Crippen LogP contribution < -0.4 is 14.8 Å². The van der Waals surface area contributed by atoms with Crippen LogP contribution in [0.15, 0.2) is 42.5 Å². The molecule has 1 saturated carbocycles. The Morgan fingerprint density at radius 2 is 1.61 bits per heavy atom. The molecule has 0 bridgehead atoms. The van der Waals surface area contributed by atoms with Crippen LogP contribution in [0, 0.1) is 0 Å². The molecule has 0 aliphatic heterocycles. The number of ketones is 1. The number of hydrogen-bond donors (Lipinski definition) is 2. The maximum absolute atomic E-state index is 13.7. The van der Waals surface area contributed by atoms with Crippen LogP contribution in [0.25, 0.3) is 0 Å². The van der Waals surface area contributed by atoms with E-state index in [1.165, 1.54) is 18.9 Å². The van der Waals surface area contributed by atoms with Crippen LogP contribution in [0.2, 0.25) is 0 Å². The number of hydrogen-bond acceptors (Lipinski definition) is 7. The monoisotopic (exact) mass is 570 g/mol. The number of amides is 2. The molecule has 2 N–H and O–H groups in total. The third-order valence-corrected chi connectivity index (χ3v) is 7.46. The maximum atomic E-state index is 13.7. The van der Waals surface area contributed by atoms with Crippen LogP contribution in [0.5, 0.6) is 11.5 Å². The fourth-order valence-corrected chi connectivity index (χ4v) is 5.03. The Kier molecular flexibility index (Phi) is 11.1. The second-order valence-corrected chi connectivity index (χ2v) is 10.2. The minimum atomic E-state index is -1.42. The Hall–Kier alpha value is -3.63.